The quantitative estimate of drug-likeness (QED) is 0.758. The van der Waals surface area contributed by atoms with Gasteiger partial charge in [-0.15, -0.1) is 0 Å². The summed E-state index contributed by atoms with van der Waals surface area (Å²) in [5.74, 6) is -0.608. The summed E-state index contributed by atoms with van der Waals surface area (Å²) < 4.78 is 18.5. The summed E-state index contributed by atoms with van der Waals surface area (Å²) in [4.78, 5) is 22.4. The van der Waals surface area contributed by atoms with Gasteiger partial charge in [0.05, 0.1) is 12.7 Å². The van der Waals surface area contributed by atoms with Crippen LogP contribution in [0.25, 0.3) is 0 Å². The van der Waals surface area contributed by atoms with Crippen LogP contribution in [0.5, 0.6) is 0 Å². The maximum Gasteiger partial charge on any atom is 0.337 e. The van der Waals surface area contributed by atoms with E-state index in [4.69, 9.17) is 0 Å². The number of halogens is 1. The lowest BCUT2D eigenvalue weighted by atomic mass is 9.83. The van der Waals surface area contributed by atoms with Gasteiger partial charge >= 0.3 is 5.97 Å². The normalized spacial score (nSPS) is 16.7. The van der Waals surface area contributed by atoms with Gasteiger partial charge in [0.2, 0.25) is 0 Å². The Morgan fingerprint density at radius 1 is 1.33 bits per heavy atom. The molecule has 3 nitrogen and oxygen atoms in total. The molecule has 1 aromatic rings. The number of ether oxygens (including phenoxy) is 1. The van der Waals surface area contributed by atoms with Gasteiger partial charge in [-0.2, -0.15) is 0 Å². The minimum Gasteiger partial charge on any atom is -0.465 e. The Bertz CT molecular complexity index is 472. The van der Waals surface area contributed by atoms with Crippen molar-refractivity contribution in [2.45, 2.75) is 31.6 Å². The molecule has 18 heavy (non-hydrogen) atoms. The van der Waals surface area contributed by atoms with E-state index >= 15 is 0 Å². The summed E-state index contributed by atoms with van der Waals surface area (Å²) in [6, 6.07) is 4.40. The fourth-order valence-corrected chi connectivity index (χ4v) is 2.35. The summed E-state index contributed by atoms with van der Waals surface area (Å²) in [6.45, 7) is 0. The average Bonchev–Trinajstić information content (AvgIpc) is 2.39. The fraction of sp³-hybridized carbons (Fsp3) is 0.429. The van der Waals surface area contributed by atoms with E-state index in [0.717, 1.165) is 0 Å². The standard InChI is InChI=1S/C14H15FO3/c1-18-14(17)10-4-7-12(13(15)8-10)9-2-5-11(16)6-3-9/h4,7-9H,2-3,5-6H2,1H3. The van der Waals surface area contributed by atoms with Crippen molar-refractivity contribution in [2.75, 3.05) is 7.11 Å². The highest BCUT2D eigenvalue weighted by atomic mass is 19.1. The summed E-state index contributed by atoms with van der Waals surface area (Å²) in [7, 11) is 1.26. The van der Waals surface area contributed by atoms with E-state index in [1.807, 2.05) is 0 Å². The highest BCUT2D eigenvalue weighted by Gasteiger charge is 2.23. The van der Waals surface area contributed by atoms with Crippen molar-refractivity contribution in [3.8, 4) is 0 Å². The Labute approximate surface area is 105 Å². The lowest BCUT2D eigenvalue weighted by molar-refractivity contribution is -0.120. The SMILES string of the molecule is COC(=O)c1ccc(C2CCC(=O)CC2)c(F)c1. The third kappa shape index (κ3) is 2.58. The molecule has 1 saturated carbocycles. The number of esters is 1. The van der Waals surface area contributed by atoms with Crippen LogP contribution in [0.3, 0.4) is 0 Å². The molecule has 1 aliphatic rings. The minimum atomic E-state index is -0.542. The van der Waals surface area contributed by atoms with Crippen LogP contribution >= 0.6 is 0 Å². The number of carbonyl (C=O) groups excluding carboxylic acids is 2. The first-order valence-corrected chi connectivity index (χ1v) is 6.01. The maximum atomic E-state index is 13.9. The number of carbonyl (C=O) groups is 2. The largest absolute Gasteiger partial charge is 0.465 e. The first-order valence-electron chi connectivity index (χ1n) is 6.01. The number of hydrogen-bond acceptors (Lipinski definition) is 3. The zero-order valence-corrected chi connectivity index (χ0v) is 10.2. The molecule has 0 radical (unpaired) electrons. The van der Waals surface area contributed by atoms with Gasteiger partial charge in [-0.1, -0.05) is 6.07 Å². The van der Waals surface area contributed by atoms with E-state index in [2.05, 4.69) is 4.74 Å². The van der Waals surface area contributed by atoms with Gasteiger partial charge in [-0.3, -0.25) is 4.79 Å². The Balaban J connectivity index is 2.19. The van der Waals surface area contributed by atoms with Crippen molar-refractivity contribution in [1.29, 1.82) is 0 Å². The molecule has 0 spiro atoms. The van der Waals surface area contributed by atoms with Crippen molar-refractivity contribution < 1.29 is 18.7 Å². The second-order valence-electron chi connectivity index (χ2n) is 4.54. The van der Waals surface area contributed by atoms with Crippen LogP contribution in [0.4, 0.5) is 4.39 Å². The van der Waals surface area contributed by atoms with E-state index in [0.29, 0.717) is 31.2 Å². The van der Waals surface area contributed by atoms with Gasteiger partial charge in [0.1, 0.15) is 11.6 Å². The van der Waals surface area contributed by atoms with E-state index in [1.54, 1.807) is 12.1 Å². The van der Waals surface area contributed by atoms with Crippen molar-refractivity contribution >= 4 is 11.8 Å². The first kappa shape index (κ1) is 12.7. The number of hydrogen-bond donors (Lipinski definition) is 0. The number of ketones is 1. The second-order valence-corrected chi connectivity index (χ2v) is 4.54. The monoisotopic (exact) mass is 250 g/mol. The molecule has 96 valence electrons. The molecular weight excluding hydrogens is 235 g/mol. The van der Waals surface area contributed by atoms with Crippen molar-refractivity contribution in [2.24, 2.45) is 0 Å². The summed E-state index contributed by atoms with van der Waals surface area (Å²) >= 11 is 0. The van der Waals surface area contributed by atoms with Crippen LogP contribution in [0.2, 0.25) is 0 Å². The van der Waals surface area contributed by atoms with Gasteiger partial charge in [-0.05, 0) is 36.5 Å². The average molecular weight is 250 g/mol. The smallest absolute Gasteiger partial charge is 0.337 e. The predicted octanol–water partition coefficient (Wildman–Crippen LogP) is 2.84. The van der Waals surface area contributed by atoms with Crippen LogP contribution in [0.15, 0.2) is 18.2 Å². The van der Waals surface area contributed by atoms with Crippen LogP contribution < -0.4 is 0 Å². The van der Waals surface area contributed by atoms with Gasteiger partial charge in [0.25, 0.3) is 0 Å². The molecule has 1 aliphatic carbocycles. The molecule has 0 unspecified atom stereocenters. The number of benzene rings is 1. The molecule has 0 amide bonds. The Morgan fingerprint density at radius 3 is 2.56 bits per heavy atom. The lowest BCUT2D eigenvalue weighted by Gasteiger charge is -2.21. The van der Waals surface area contributed by atoms with Gasteiger partial charge in [0, 0.05) is 12.8 Å². The van der Waals surface area contributed by atoms with E-state index in [9.17, 15) is 14.0 Å². The molecule has 4 heteroatoms. The molecule has 1 aromatic carbocycles. The molecule has 0 atom stereocenters. The zero-order chi connectivity index (χ0) is 13.1. The molecule has 0 heterocycles. The van der Waals surface area contributed by atoms with Crippen molar-refractivity contribution in [3.63, 3.8) is 0 Å². The number of rotatable bonds is 2. The molecule has 0 saturated heterocycles. The highest BCUT2D eigenvalue weighted by Crippen LogP contribution is 2.32. The van der Waals surface area contributed by atoms with Gasteiger partial charge in [0.15, 0.2) is 0 Å². The third-order valence-corrected chi connectivity index (χ3v) is 3.40. The summed E-state index contributed by atoms with van der Waals surface area (Å²) in [6.07, 6.45) is 2.41. The number of Topliss-reactive ketones (excluding diaryl/α,β-unsaturated/α-hetero) is 1. The highest BCUT2D eigenvalue weighted by molar-refractivity contribution is 5.89. The topological polar surface area (TPSA) is 43.4 Å². The second kappa shape index (κ2) is 5.29. The minimum absolute atomic E-state index is 0.0781. The number of methoxy groups -OCH3 is 1. The Morgan fingerprint density at radius 2 is 2.00 bits per heavy atom. The summed E-state index contributed by atoms with van der Waals surface area (Å²) in [5, 5.41) is 0. The van der Waals surface area contributed by atoms with Crippen molar-refractivity contribution in [3.05, 3.63) is 35.1 Å². The molecule has 2 rings (SSSR count). The first-order chi connectivity index (χ1) is 8.61. The maximum absolute atomic E-state index is 13.9. The molecule has 0 N–H and O–H groups in total. The third-order valence-electron chi connectivity index (χ3n) is 3.40. The molecular formula is C14H15FO3. The molecule has 0 aliphatic heterocycles. The zero-order valence-electron chi connectivity index (χ0n) is 10.2. The van der Waals surface area contributed by atoms with Crippen LogP contribution in [-0.4, -0.2) is 18.9 Å². The fourth-order valence-electron chi connectivity index (χ4n) is 2.35. The predicted molar refractivity (Wildman–Crippen MR) is 64.0 cm³/mol. The summed E-state index contributed by atoms with van der Waals surface area (Å²) in [5.41, 5.74) is 0.806. The van der Waals surface area contributed by atoms with Crippen LogP contribution in [0.1, 0.15) is 47.5 Å². The Kier molecular flexibility index (Phi) is 3.75. The van der Waals surface area contributed by atoms with Gasteiger partial charge in [-0.25, -0.2) is 9.18 Å². The van der Waals surface area contributed by atoms with Crippen LogP contribution in [0, 0.1) is 5.82 Å². The van der Waals surface area contributed by atoms with E-state index < -0.39 is 11.8 Å². The lowest BCUT2D eigenvalue weighted by Crippen LogP contribution is -2.14. The molecule has 0 bridgehead atoms. The van der Waals surface area contributed by atoms with Crippen LogP contribution in [-0.2, 0) is 9.53 Å². The van der Waals surface area contributed by atoms with E-state index in [-0.39, 0.29) is 17.3 Å². The molecule has 0 aromatic heterocycles. The Hall–Kier alpha value is -1.71. The van der Waals surface area contributed by atoms with Crippen molar-refractivity contribution in [1.82, 2.24) is 0 Å². The van der Waals surface area contributed by atoms with Gasteiger partial charge < -0.3 is 4.74 Å². The molecule has 1 fully saturated rings. The van der Waals surface area contributed by atoms with E-state index in [1.165, 1.54) is 13.2 Å².